The van der Waals surface area contributed by atoms with Crippen molar-refractivity contribution in [1.29, 1.82) is 0 Å². The minimum atomic E-state index is -0.486. The molecule has 0 spiro atoms. The molecule has 0 atom stereocenters. The quantitative estimate of drug-likeness (QED) is 0.366. The summed E-state index contributed by atoms with van der Waals surface area (Å²) in [5.74, 6) is -0.00831. The summed E-state index contributed by atoms with van der Waals surface area (Å²) in [7, 11) is 0. The van der Waals surface area contributed by atoms with Crippen LogP contribution < -0.4 is 10.6 Å². The van der Waals surface area contributed by atoms with E-state index < -0.39 is 5.95 Å². The fourth-order valence-electron chi connectivity index (χ4n) is 6.45. The van der Waals surface area contributed by atoms with E-state index >= 15 is 0 Å². The molecule has 2 aliphatic heterocycles. The van der Waals surface area contributed by atoms with Gasteiger partial charge in [0.2, 0.25) is 5.95 Å². The molecule has 41 heavy (non-hydrogen) atoms. The van der Waals surface area contributed by atoms with Gasteiger partial charge in [-0.1, -0.05) is 12.8 Å². The number of halogens is 1. The molecule has 1 aromatic carbocycles. The lowest BCUT2D eigenvalue weighted by molar-refractivity contribution is 0.0368. The molecule has 3 aromatic rings. The Morgan fingerprint density at radius 1 is 1.00 bits per heavy atom. The van der Waals surface area contributed by atoms with E-state index in [1.54, 1.807) is 0 Å². The highest BCUT2D eigenvalue weighted by Crippen LogP contribution is 2.32. The second-order valence-corrected chi connectivity index (χ2v) is 11.7. The largest absolute Gasteiger partial charge is 0.384 e. The zero-order valence-electron chi connectivity index (χ0n) is 23.9. The van der Waals surface area contributed by atoms with Crippen LogP contribution in [0.3, 0.4) is 0 Å². The number of anilines is 1. The lowest BCUT2D eigenvalue weighted by Crippen LogP contribution is -2.47. The van der Waals surface area contributed by atoms with E-state index in [9.17, 15) is 9.18 Å². The molecule has 6 rings (SSSR count). The minimum Gasteiger partial charge on any atom is -0.384 e. The van der Waals surface area contributed by atoms with Crippen LogP contribution in [0.5, 0.6) is 0 Å². The molecule has 1 saturated carbocycles. The number of piperidine rings is 1. The molecule has 10 heteroatoms. The summed E-state index contributed by atoms with van der Waals surface area (Å²) in [4.78, 5) is 20.9. The molecule has 4 heterocycles. The Bertz CT molecular complexity index is 1310. The predicted octanol–water partition coefficient (Wildman–Crippen LogP) is 4.74. The Kier molecular flexibility index (Phi) is 8.96. The molecule has 2 saturated heterocycles. The summed E-state index contributed by atoms with van der Waals surface area (Å²) in [6, 6.07) is 7.99. The van der Waals surface area contributed by atoms with Gasteiger partial charge in [0.05, 0.1) is 24.9 Å². The van der Waals surface area contributed by atoms with Crippen molar-refractivity contribution in [3.8, 4) is 11.1 Å². The van der Waals surface area contributed by atoms with Gasteiger partial charge in [0.15, 0.2) is 0 Å². The molecule has 2 N–H and O–H groups in total. The predicted molar refractivity (Wildman–Crippen MR) is 158 cm³/mol. The van der Waals surface area contributed by atoms with Crippen molar-refractivity contribution >= 4 is 22.6 Å². The van der Waals surface area contributed by atoms with E-state index in [1.807, 2.05) is 17.2 Å². The van der Waals surface area contributed by atoms with Gasteiger partial charge in [-0.05, 0) is 67.3 Å². The zero-order valence-corrected chi connectivity index (χ0v) is 23.9. The first-order valence-electron chi connectivity index (χ1n) is 15.3. The zero-order chi connectivity index (χ0) is 28.0. The SMILES string of the molecule is O=C(NC1CCCC1)N1CCC(CNc2cc(-c3ccnc(F)c3)cc3c2cnn3CCCN2CCOCC2)CC1. The number of morpholine rings is 1. The molecule has 3 fully saturated rings. The number of rotatable bonds is 9. The third-order valence-electron chi connectivity index (χ3n) is 8.94. The summed E-state index contributed by atoms with van der Waals surface area (Å²) >= 11 is 0. The number of hydrogen-bond donors (Lipinski definition) is 2. The van der Waals surface area contributed by atoms with Crippen molar-refractivity contribution in [2.45, 2.75) is 57.5 Å². The number of aryl methyl sites for hydroxylation is 1. The van der Waals surface area contributed by atoms with Crippen LogP contribution in [0.4, 0.5) is 14.9 Å². The lowest BCUT2D eigenvalue weighted by Gasteiger charge is -2.33. The van der Waals surface area contributed by atoms with Gasteiger partial charge in [0.25, 0.3) is 0 Å². The van der Waals surface area contributed by atoms with E-state index in [1.165, 1.54) is 25.1 Å². The van der Waals surface area contributed by atoms with Crippen LogP contribution in [-0.2, 0) is 11.3 Å². The van der Waals surface area contributed by atoms with Gasteiger partial charge in [-0.2, -0.15) is 9.49 Å². The van der Waals surface area contributed by atoms with Crippen LogP contribution in [0, 0.1) is 11.9 Å². The van der Waals surface area contributed by atoms with Gasteiger partial charge >= 0.3 is 6.03 Å². The van der Waals surface area contributed by atoms with Gasteiger partial charge in [-0.15, -0.1) is 0 Å². The van der Waals surface area contributed by atoms with Crippen molar-refractivity contribution < 1.29 is 13.9 Å². The van der Waals surface area contributed by atoms with Gasteiger partial charge < -0.3 is 20.3 Å². The molecular weight excluding hydrogens is 521 g/mol. The molecule has 220 valence electrons. The number of likely N-dealkylation sites (tertiary alicyclic amines) is 1. The van der Waals surface area contributed by atoms with Crippen LogP contribution >= 0.6 is 0 Å². The smallest absolute Gasteiger partial charge is 0.317 e. The van der Waals surface area contributed by atoms with Crippen molar-refractivity contribution in [2.75, 3.05) is 57.8 Å². The number of carbonyl (C=O) groups is 1. The summed E-state index contributed by atoms with van der Waals surface area (Å²) in [5.41, 5.74) is 3.79. The second kappa shape index (κ2) is 13.2. The number of nitrogens with one attached hydrogen (secondary N) is 2. The average Bonchev–Trinajstić information content (AvgIpc) is 3.67. The number of pyridine rings is 1. The number of benzene rings is 1. The highest BCUT2D eigenvalue weighted by molar-refractivity contribution is 5.95. The Morgan fingerprint density at radius 3 is 2.59 bits per heavy atom. The first kappa shape index (κ1) is 27.9. The number of amides is 2. The highest BCUT2D eigenvalue weighted by atomic mass is 19.1. The maximum absolute atomic E-state index is 14.0. The molecule has 3 aliphatic rings. The molecular formula is C31H42FN7O2. The number of urea groups is 1. The van der Waals surface area contributed by atoms with Gasteiger partial charge in [-0.25, -0.2) is 9.78 Å². The Balaban J connectivity index is 1.12. The van der Waals surface area contributed by atoms with Gasteiger partial charge in [-0.3, -0.25) is 9.58 Å². The summed E-state index contributed by atoms with van der Waals surface area (Å²) < 4.78 is 21.6. The van der Waals surface area contributed by atoms with Crippen LogP contribution in [0.2, 0.25) is 0 Å². The topological polar surface area (TPSA) is 87.6 Å². The van der Waals surface area contributed by atoms with E-state index in [0.29, 0.717) is 12.0 Å². The van der Waals surface area contributed by atoms with Crippen molar-refractivity contribution in [3.05, 3.63) is 42.6 Å². The van der Waals surface area contributed by atoms with Crippen LogP contribution in [0.1, 0.15) is 44.9 Å². The second-order valence-electron chi connectivity index (χ2n) is 11.7. The van der Waals surface area contributed by atoms with E-state index in [0.717, 1.165) is 119 Å². The third-order valence-corrected chi connectivity index (χ3v) is 8.94. The number of nitrogens with zero attached hydrogens (tertiary/aromatic N) is 5. The molecule has 9 nitrogen and oxygen atoms in total. The third kappa shape index (κ3) is 6.98. The number of aromatic nitrogens is 3. The minimum absolute atomic E-state index is 0.100. The standard InChI is InChI=1S/C31H42FN7O2/c32-30-20-24(6-9-33-30)25-18-28(27-22-35-39(29(27)19-25)11-3-10-37-14-16-41-17-15-37)34-21-23-7-12-38(13-8-23)31(40)36-26-4-1-2-5-26/h6,9,18-20,22-23,26,34H,1-5,7-8,10-17,21H2,(H,36,40). The number of ether oxygens (including phenoxy) is 1. The molecule has 2 aromatic heterocycles. The van der Waals surface area contributed by atoms with Crippen LogP contribution in [0.15, 0.2) is 36.7 Å². The fraction of sp³-hybridized carbons (Fsp3) is 0.581. The van der Waals surface area contributed by atoms with Crippen LogP contribution in [0.25, 0.3) is 22.0 Å². The number of carbonyl (C=O) groups excluding carboxylic acids is 1. The van der Waals surface area contributed by atoms with Crippen molar-refractivity contribution in [2.24, 2.45) is 5.92 Å². The monoisotopic (exact) mass is 563 g/mol. The van der Waals surface area contributed by atoms with E-state index in [2.05, 4.69) is 37.3 Å². The number of hydrogen-bond acceptors (Lipinski definition) is 6. The average molecular weight is 564 g/mol. The first-order chi connectivity index (χ1) is 20.1. The summed E-state index contributed by atoms with van der Waals surface area (Å²) in [6.45, 7) is 7.80. The van der Waals surface area contributed by atoms with E-state index in [-0.39, 0.29) is 6.03 Å². The molecule has 0 radical (unpaired) electrons. The maximum atomic E-state index is 14.0. The van der Waals surface area contributed by atoms with Crippen molar-refractivity contribution in [3.63, 3.8) is 0 Å². The molecule has 2 amide bonds. The number of fused-ring (bicyclic) bond motifs is 1. The van der Waals surface area contributed by atoms with Gasteiger partial charge in [0.1, 0.15) is 0 Å². The van der Waals surface area contributed by atoms with E-state index in [4.69, 9.17) is 9.84 Å². The van der Waals surface area contributed by atoms with Gasteiger partial charge in [0, 0.05) is 75.2 Å². The fourth-order valence-corrected chi connectivity index (χ4v) is 6.45. The Hall–Kier alpha value is -3.24. The normalized spacial score (nSPS) is 19.2. The summed E-state index contributed by atoms with van der Waals surface area (Å²) in [6.07, 6.45) is 11.1. The Labute approximate surface area is 241 Å². The lowest BCUT2D eigenvalue weighted by atomic mass is 9.96. The van der Waals surface area contributed by atoms with Crippen molar-refractivity contribution in [1.82, 2.24) is 29.9 Å². The summed E-state index contributed by atoms with van der Waals surface area (Å²) in [5, 5.41) is 12.8. The molecule has 0 unspecified atom stereocenters. The van der Waals surface area contributed by atoms with Crippen LogP contribution in [-0.4, -0.2) is 89.1 Å². The molecule has 0 bridgehead atoms. The first-order valence-corrected chi connectivity index (χ1v) is 15.3. The molecule has 1 aliphatic carbocycles. The Morgan fingerprint density at radius 2 is 1.80 bits per heavy atom. The maximum Gasteiger partial charge on any atom is 0.317 e. The highest BCUT2D eigenvalue weighted by Gasteiger charge is 2.25.